The number of benzene rings is 1. The minimum atomic E-state index is 0.0721. The molecule has 1 heterocycles. The summed E-state index contributed by atoms with van der Waals surface area (Å²) in [6, 6.07) is 7.55. The van der Waals surface area contributed by atoms with Crippen LogP contribution in [0.5, 0.6) is 0 Å². The SMILES string of the molecule is Cc1nnc(SCc2ccccc2C(=N)N)o1. The van der Waals surface area contributed by atoms with Crippen molar-refractivity contribution in [2.75, 3.05) is 0 Å². The number of hydrogen-bond acceptors (Lipinski definition) is 5. The summed E-state index contributed by atoms with van der Waals surface area (Å²) < 4.78 is 5.26. The zero-order valence-corrected chi connectivity index (χ0v) is 10.1. The molecule has 0 spiro atoms. The Morgan fingerprint density at radius 2 is 2.18 bits per heavy atom. The van der Waals surface area contributed by atoms with E-state index >= 15 is 0 Å². The molecule has 1 aromatic carbocycles. The van der Waals surface area contributed by atoms with E-state index in [0.717, 1.165) is 11.1 Å². The number of hydrogen-bond donors (Lipinski definition) is 2. The van der Waals surface area contributed by atoms with Crippen molar-refractivity contribution in [3.63, 3.8) is 0 Å². The summed E-state index contributed by atoms with van der Waals surface area (Å²) in [5.74, 6) is 1.27. The molecule has 0 radical (unpaired) electrons. The van der Waals surface area contributed by atoms with Crippen LogP contribution in [0.1, 0.15) is 17.0 Å². The number of thioether (sulfide) groups is 1. The standard InChI is InChI=1S/C11H12N4OS/c1-7-14-15-11(16-7)17-6-8-4-2-3-5-9(8)10(12)13/h2-5H,6H2,1H3,(H3,12,13). The van der Waals surface area contributed by atoms with Crippen LogP contribution < -0.4 is 5.73 Å². The first-order valence-corrected chi connectivity index (χ1v) is 6.00. The van der Waals surface area contributed by atoms with Crippen LogP contribution in [0, 0.1) is 12.3 Å². The number of nitrogens with zero attached hydrogens (tertiary/aromatic N) is 2. The largest absolute Gasteiger partial charge is 0.416 e. The fraction of sp³-hybridized carbons (Fsp3) is 0.182. The molecule has 0 fully saturated rings. The molecule has 17 heavy (non-hydrogen) atoms. The van der Waals surface area contributed by atoms with Crippen molar-refractivity contribution < 1.29 is 4.42 Å². The van der Waals surface area contributed by atoms with Gasteiger partial charge in [0.15, 0.2) is 0 Å². The zero-order chi connectivity index (χ0) is 12.3. The first-order chi connectivity index (χ1) is 8.16. The molecular weight excluding hydrogens is 236 g/mol. The summed E-state index contributed by atoms with van der Waals surface area (Å²) in [6.07, 6.45) is 0. The van der Waals surface area contributed by atoms with Crippen molar-refractivity contribution in [3.05, 3.63) is 41.3 Å². The zero-order valence-electron chi connectivity index (χ0n) is 9.30. The van der Waals surface area contributed by atoms with E-state index in [1.165, 1.54) is 11.8 Å². The summed E-state index contributed by atoms with van der Waals surface area (Å²) >= 11 is 1.43. The fourth-order valence-corrected chi connectivity index (χ4v) is 2.19. The number of rotatable bonds is 4. The molecule has 6 heteroatoms. The van der Waals surface area contributed by atoms with Gasteiger partial charge in [-0.25, -0.2) is 0 Å². The van der Waals surface area contributed by atoms with Crippen LogP contribution in [0.4, 0.5) is 0 Å². The van der Waals surface area contributed by atoms with Gasteiger partial charge in [-0.3, -0.25) is 5.41 Å². The quantitative estimate of drug-likeness (QED) is 0.490. The van der Waals surface area contributed by atoms with Gasteiger partial charge in [0.05, 0.1) is 0 Å². The summed E-state index contributed by atoms with van der Waals surface area (Å²) in [6.45, 7) is 1.75. The smallest absolute Gasteiger partial charge is 0.276 e. The third kappa shape index (κ3) is 2.85. The molecule has 0 saturated carbocycles. The molecule has 0 atom stereocenters. The topological polar surface area (TPSA) is 88.8 Å². The summed E-state index contributed by atoms with van der Waals surface area (Å²) in [4.78, 5) is 0. The lowest BCUT2D eigenvalue weighted by Crippen LogP contribution is -2.13. The van der Waals surface area contributed by atoms with E-state index in [4.69, 9.17) is 15.6 Å². The molecule has 1 aromatic heterocycles. The van der Waals surface area contributed by atoms with E-state index in [0.29, 0.717) is 16.9 Å². The van der Waals surface area contributed by atoms with Crippen molar-refractivity contribution in [2.45, 2.75) is 17.9 Å². The maximum atomic E-state index is 7.48. The number of aromatic nitrogens is 2. The lowest BCUT2D eigenvalue weighted by atomic mass is 10.1. The Hall–Kier alpha value is -1.82. The predicted octanol–water partition coefficient (Wildman–Crippen LogP) is 1.95. The Morgan fingerprint density at radius 3 is 2.82 bits per heavy atom. The van der Waals surface area contributed by atoms with Gasteiger partial charge in [-0.15, -0.1) is 10.2 Å². The molecule has 0 amide bonds. The Labute approximate surface area is 103 Å². The third-order valence-corrected chi connectivity index (χ3v) is 3.03. The molecule has 0 aliphatic heterocycles. The monoisotopic (exact) mass is 248 g/mol. The summed E-state index contributed by atoms with van der Waals surface area (Å²) in [7, 11) is 0. The highest BCUT2D eigenvalue weighted by Crippen LogP contribution is 2.22. The Morgan fingerprint density at radius 1 is 1.41 bits per heavy atom. The molecule has 88 valence electrons. The minimum Gasteiger partial charge on any atom is -0.416 e. The average Bonchev–Trinajstić information content (AvgIpc) is 2.73. The predicted molar refractivity (Wildman–Crippen MR) is 66.1 cm³/mol. The number of aryl methyl sites for hydroxylation is 1. The molecule has 2 rings (SSSR count). The van der Waals surface area contributed by atoms with Crippen LogP contribution in [0.15, 0.2) is 33.9 Å². The van der Waals surface area contributed by atoms with Crippen LogP contribution >= 0.6 is 11.8 Å². The van der Waals surface area contributed by atoms with Crippen molar-refractivity contribution in [1.82, 2.24) is 10.2 Å². The average molecular weight is 248 g/mol. The van der Waals surface area contributed by atoms with Crippen LogP contribution in [0.25, 0.3) is 0 Å². The van der Waals surface area contributed by atoms with Gasteiger partial charge in [-0.2, -0.15) is 0 Å². The van der Waals surface area contributed by atoms with Gasteiger partial charge in [-0.05, 0) is 5.56 Å². The number of nitrogens with one attached hydrogen (secondary N) is 1. The van der Waals surface area contributed by atoms with Gasteiger partial charge in [0.1, 0.15) is 5.84 Å². The Kier molecular flexibility index (Phi) is 3.43. The summed E-state index contributed by atoms with van der Waals surface area (Å²) in [5, 5.41) is 15.7. The van der Waals surface area contributed by atoms with Crippen LogP contribution in [0.3, 0.4) is 0 Å². The molecule has 2 aromatic rings. The van der Waals surface area contributed by atoms with Gasteiger partial charge in [0.25, 0.3) is 5.22 Å². The minimum absolute atomic E-state index is 0.0721. The van der Waals surface area contributed by atoms with E-state index in [-0.39, 0.29) is 5.84 Å². The maximum Gasteiger partial charge on any atom is 0.276 e. The molecule has 0 saturated heterocycles. The van der Waals surface area contributed by atoms with Gasteiger partial charge < -0.3 is 10.2 Å². The molecule has 0 bridgehead atoms. The highest BCUT2D eigenvalue weighted by molar-refractivity contribution is 7.98. The number of amidine groups is 1. The van der Waals surface area contributed by atoms with Gasteiger partial charge in [-0.1, -0.05) is 36.0 Å². The number of nitrogens with two attached hydrogens (primary N) is 1. The highest BCUT2D eigenvalue weighted by Gasteiger charge is 2.08. The Balaban J connectivity index is 2.11. The third-order valence-electron chi connectivity index (χ3n) is 2.17. The second-order valence-electron chi connectivity index (χ2n) is 3.45. The number of nitrogen functional groups attached to an aromatic ring is 1. The molecule has 0 unspecified atom stereocenters. The molecule has 3 N–H and O–H groups in total. The van der Waals surface area contributed by atoms with Crippen LogP contribution in [-0.2, 0) is 5.75 Å². The molecule has 0 aliphatic carbocycles. The van der Waals surface area contributed by atoms with E-state index in [9.17, 15) is 0 Å². The van der Waals surface area contributed by atoms with Crippen molar-refractivity contribution in [1.29, 1.82) is 5.41 Å². The van der Waals surface area contributed by atoms with Gasteiger partial charge in [0, 0.05) is 18.2 Å². The molecule has 0 aliphatic rings. The second-order valence-corrected chi connectivity index (χ2v) is 4.37. The molecular formula is C11H12N4OS. The lowest BCUT2D eigenvalue weighted by Gasteiger charge is -2.05. The van der Waals surface area contributed by atoms with Crippen LogP contribution in [0.2, 0.25) is 0 Å². The van der Waals surface area contributed by atoms with E-state index in [1.807, 2.05) is 24.3 Å². The highest BCUT2D eigenvalue weighted by atomic mass is 32.2. The Bertz CT molecular complexity index is 538. The van der Waals surface area contributed by atoms with E-state index in [2.05, 4.69) is 10.2 Å². The molecule has 5 nitrogen and oxygen atoms in total. The van der Waals surface area contributed by atoms with Gasteiger partial charge in [0.2, 0.25) is 5.89 Å². The normalized spacial score (nSPS) is 10.4. The maximum absolute atomic E-state index is 7.48. The first kappa shape index (κ1) is 11.7. The van der Waals surface area contributed by atoms with E-state index in [1.54, 1.807) is 6.92 Å². The first-order valence-electron chi connectivity index (χ1n) is 5.02. The van der Waals surface area contributed by atoms with Crippen molar-refractivity contribution >= 4 is 17.6 Å². The summed E-state index contributed by atoms with van der Waals surface area (Å²) in [5.41, 5.74) is 7.24. The van der Waals surface area contributed by atoms with Crippen molar-refractivity contribution in [2.24, 2.45) is 5.73 Å². The second kappa shape index (κ2) is 5.01. The van der Waals surface area contributed by atoms with Gasteiger partial charge >= 0.3 is 0 Å². The van der Waals surface area contributed by atoms with Crippen LogP contribution in [-0.4, -0.2) is 16.0 Å². The van der Waals surface area contributed by atoms with Crippen molar-refractivity contribution in [3.8, 4) is 0 Å². The lowest BCUT2D eigenvalue weighted by molar-refractivity contribution is 0.429. The van der Waals surface area contributed by atoms with E-state index < -0.39 is 0 Å². The fourth-order valence-electron chi connectivity index (χ4n) is 1.39.